The van der Waals surface area contributed by atoms with Crippen LogP contribution in [0.3, 0.4) is 0 Å². The van der Waals surface area contributed by atoms with E-state index < -0.39 is 0 Å². The summed E-state index contributed by atoms with van der Waals surface area (Å²) in [6.07, 6.45) is 8.05. The topological polar surface area (TPSA) is 29.9 Å². The van der Waals surface area contributed by atoms with Gasteiger partial charge in [0.1, 0.15) is 0 Å². The van der Waals surface area contributed by atoms with E-state index in [2.05, 4.69) is 28.0 Å². The average Bonchev–Trinajstić information content (AvgIpc) is 2.73. The molecule has 0 spiro atoms. The van der Waals surface area contributed by atoms with Gasteiger partial charge in [-0.1, -0.05) is 13.3 Å². The van der Waals surface area contributed by atoms with E-state index in [4.69, 9.17) is 0 Å². The zero-order chi connectivity index (χ0) is 10.3. The molecule has 15 heavy (non-hydrogen) atoms. The Balaban J connectivity index is 1.80. The predicted molar refractivity (Wildman–Crippen MR) is 59.9 cm³/mol. The molecule has 0 aromatic carbocycles. The number of nitrogens with one attached hydrogen (secondary N) is 1. The molecule has 1 saturated heterocycles. The highest BCUT2D eigenvalue weighted by atomic mass is 15.1. The minimum atomic E-state index is 0.700. The van der Waals surface area contributed by atoms with Crippen molar-refractivity contribution in [3.05, 3.63) is 18.2 Å². The van der Waals surface area contributed by atoms with Crippen LogP contribution in [-0.4, -0.2) is 22.6 Å². The van der Waals surface area contributed by atoms with Crippen LogP contribution in [0.1, 0.15) is 43.8 Å². The fraction of sp³-hybridized carbons (Fsp3) is 0.750. The molecular formula is C12H19N3. The van der Waals surface area contributed by atoms with Crippen molar-refractivity contribution >= 4 is 0 Å². The zero-order valence-corrected chi connectivity index (χ0v) is 9.32. The average molecular weight is 205 g/mol. The molecule has 1 aromatic heterocycles. The third-order valence-corrected chi connectivity index (χ3v) is 3.94. The van der Waals surface area contributed by atoms with E-state index in [0.717, 1.165) is 25.0 Å². The summed E-state index contributed by atoms with van der Waals surface area (Å²) >= 11 is 0. The second kappa shape index (κ2) is 3.63. The van der Waals surface area contributed by atoms with Gasteiger partial charge >= 0.3 is 0 Å². The first kappa shape index (κ1) is 9.40. The SMILES string of the molecule is CCC1CC1n1cncc1C1CCNC1. The van der Waals surface area contributed by atoms with Crippen molar-refractivity contribution in [2.24, 2.45) is 5.92 Å². The van der Waals surface area contributed by atoms with Gasteiger partial charge < -0.3 is 9.88 Å². The van der Waals surface area contributed by atoms with Crippen molar-refractivity contribution in [3.63, 3.8) is 0 Å². The van der Waals surface area contributed by atoms with Crippen LogP contribution in [0.15, 0.2) is 12.5 Å². The van der Waals surface area contributed by atoms with Crippen molar-refractivity contribution in [2.75, 3.05) is 13.1 Å². The summed E-state index contributed by atoms with van der Waals surface area (Å²) in [6.45, 7) is 4.59. The predicted octanol–water partition coefficient (Wildman–Crippen LogP) is 1.93. The molecule has 1 aliphatic carbocycles. The molecule has 82 valence electrons. The zero-order valence-electron chi connectivity index (χ0n) is 9.32. The third kappa shape index (κ3) is 1.59. The molecule has 3 heteroatoms. The Morgan fingerprint density at radius 3 is 3.20 bits per heavy atom. The molecule has 3 nitrogen and oxygen atoms in total. The number of nitrogens with zero attached hydrogens (tertiary/aromatic N) is 2. The van der Waals surface area contributed by atoms with Crippen LogP contribution in [0.5, 0.6) is 0 Å². The van der Waals surface area contributed by atoms with Gasteiger partial charge in [0.15, 0.2) is 0 Å². The summed E-state index contributed by atoms with van der Waals surface area (Å²) in [7, 11) is 0. The molecule has 3 rings (SSSR count). The summed E-state index contributed by atoms with van der Waals surface area (Å²) in [5.41, 5.74) is 1.46. The Hall–Kier alpha value is -0.830. The van der Waals surface area contributed by atoms with Crippen LogP contribution >= 0.6 is 0 Å². The van der Waals surface area contributed by atoms with E-state index in [1.807, 2.05) is 6.33 Å². The minimum Gasteiger partial charge on any atom is -0.331 e. The molecule has 0 radical (unpaired) electrons. The maximum absolute atomic E-state index is 4.33. The molecule has 3 atom stereocenters. The van der Waals surface area contributed by atoms with Crippen molar-refractivity contribution in [1.82, 2.24) is 14.9 Å². The van der Waals surface area contributed by atoms with E-state index in [1.54, 1.807) is 0 Å². The van der Waals surface area contributed by atoms with Crippen LogP contribution in [0, 0.1) is 5.92 Å². The lowest BCUT2D eigenvalue weighted by atomic mass is 10.1. The van der Waals surface area contributed by atoms with Crippen LogP contribution in [0.4, 0.5) is 0 Å². The molecule has 3 unspecified atom stereocenters. The van der Waals surface area contributed by atoms with E-state index in [0.29, 0.717) is 5.92 Å². The molecule has 1 N–H and O–H groups in total. The molecule has 1 aromatic rings. The van der Waals surface area contributed by atoms with E-state index in [-0.39, 0.29) is 0 Å². The van der Waals surface area contributed by atoms with Gasteiger partial charge in [-0.3, -0.25) is 0 Å². The molecule has 2 aliphatic rings. The lowest BCUT2D eigenvalue weighted by Gasteiger charge is -2.12. The summed E-state index contributed by atoms with van der Waals surface area (Å²) in [5.74, 6) is 1.61. The number of hydrogen-bond acceptors (Lipinski definition) is 2. The van der Waals surface area contributed by atoms with Gasteiger partial charge in [-0.05, 0) is 25.3 Å². The highest BCUT2D eigenvalue weighted by Crippen LogP contribution is 2.46. The first-order valence-electron chi connectivity index (χ1n) is 6.12. The summed E-state index contributed by atoms with van der Waals surface area (Å²) in [5, 5.41) is 3.43. The molecular weight excluding hydrogens is 186 g/mol. The Bertz CT molecular complexity index is 338. The van der Waals surface area contributed by atoms with Crippen LogP contribution in [-0.2, 0) is 0 Å². The Morgan fingerprint density at radius 2 is 2.53 bits per heavy atom. The van der Waals surface area contributed by atoms with Crippen molar-refractivity contribution in [3.8, 4) is 0 Å². The Labute approximate surface area is 90.9 Å². The van der Waals surface area contributed by atoms with Gasteiger partial charge in [0.05, 0.1) is 6.33 Å². The van der Waals surface area contributed by atoms with Gasteiger partial charge in [0.25, 0.3) is 0 Å². The van der Waals surface area contributed by atoms with Crippen molar-refractivity contribution < 1.29 is 0 Å². The lowest BCUT2D eigenvalue weighted by molar-refractivity contribution is 0.585. The highest BCUT2D eigenvalue weighted by Gasteiger charge is 2.38. The van der Waals surface area contributed by atoms with Gasteiger partial charge in [-0.15, -0.1) is 0 Å². The maximum atomic E-state index is 4.33. The Morgan fingerprint density at radius 1 is 1.60 bits per heavy atom. The van der Waals surface area contributed by atoms with Crippen LogP contribution in [0.2, 0.25) is 0 Å². The monoisotopic (exact) mass is 205 g/mol. The third-order valence-electron chi connectivity index (χ3n) is 3.94. The molecule has 1 saturated carbocycles. The minimum absolute atomic E-state index is 0.700. The van der Waals surface area contributed by atoms with E-state index in [9.17, 15) is 0 Å². The van der Waals surface area contributed by atoms with E-state index >= 15 is 0 Å². The number of hydrogen-bond donors (Lipinski definition) is 1. The number of aromatic nitrogens is 2. The highest BCUT2D eigenvalue weighted by molar-refractivity contribution is 5.13. The molecule has 2 heterocycles. The summed E-state index contributed by atoms with van der Waals surface area (Å²) in [4.78, 5) is 4.33. The molecule has 0 bridgehead atoms. The number of rotatable bonds is 3. The number of imidazole rings is 1. The lowest BCUT2D eigenvalue weighted by Crippen LogP contribution is -2.11. The largest absolute Gasteiger partial charge is 0.331 e. The quantitative estimate of drug-likeness (QED) is 0.817. The first-order valence-corrected chi connectivity index (χ1v) is 6.12. The molecule has 2 fully saturated rings. The van der Waals surface area contributed by atoms with Gasteiger partial charge in [0.2, 0.25) is 0 Å². The normalized spacial score (nSPS) is 34.6. The second-order valence-corrected chi connectivity index (χ2v) is 4.89. The van der Waals surface area contributed by atoms with Crippen molar-refractivity contribution in [2.45, 2.75) is 38.1 Å². The Kier molecular flexibility index (Phi) is 2.28. The van der Waals surface area contributed by atoms with Crippen molar-refractivity contribution in [1.29, 1.82) is 0 Å². The summed E-state index contributed by atoms with van der Waals surface area (Å²) < 4.78 is 2.44. The summed E-state index contributed by atoms with van der Waals surface area (Å²) in [6, 6.07) is 0.757. The van der Waals surface area contributed by atoms with Gasteiger partial charge in [0, 0.05) is 30.4 Å². The van der Waals surface area contributed by atoms with Gasteiger partial charge in [-0.2, -0.15) is 0 Å². The standard InChI is InChI=1S/C12H19N3/c1-2-9-5-11(9)15-8-14-7-12(15)10-3-4-13-6-10/h7-11,13H,2-6H2,1H3. The van der Waals surface area contributed by atoms with Gasteiger partial charge in [-0.25, -0.2) is 4.98 Å². The van der Waals surface area contributed by atoms with Crippen LogP contribution in [0.25, 0.3) is 0 Å². The maximum Gasteiger partial charge on any atom is 0.0950 e. The van der Waals surface area contributed by atoms with E-state index in [1.165, 1.54) is 25.0 Å². The fourth-order valence-electron chi connectivity index (χ4n) is 2.83. The fourth-order valence-corrected chi connectivity index (χ4v) is 2.83. The molecule has 1 aliphatic heterocycles. The first-order chi connectivity index (χ1) is 7.40. The smallest absolute Gasteiger partial charge is 0.0950 e. The van der Waals surface area contributed by atoms with Crippen LogP contribution < -0.4 is 5.32 Å². The molecule has 0 amide bonds. The second-order valence-electron chi connectivity index (χ2n) is 4.89.